The van der Waals surface area contributed by atoms with Crippen molar-refractivity contribution >= 4 is 23.2 Å². The summed E-state index contributed by atoms with van der Waals surface area (Å²) in [5, 5.41) is 1.97. The summed E-state index contributed by atoms with van der Waals surface area (Å²) in [5.74, 6) is -6.75. The van der Waals surface area contributed by atoms with Gasteiger partial charge in [0.15, 0.2) is 17.5 Å². The second kappa shape index (κ2) is 7.16. The van der Waals surface area contributed by atoms with Gasteiger partial charge in [0, 0.05) is 12.2 Å². The van der Waals surface area contributed by atoms with Crippen molar-refractivity contribution in [3.63, 3.8) is 0 Å². The van der Waals surface area contributed by atoms with Crippen LogP contribution in [0, 0.1) is 24.4 Å². The van der Waals surface area contributed by atoms with Crippen LogP contribution in [-0.4, -0.2) is 18.4 Å². The second-order valence-electron chi connectivity index (χ2n) is 5.07. The highest BCUT2D eigenvalue weighted by Crippen LogP contribution is 2.20. The zero-order chi connectivity index (χ0) is 17.9. The number of carbonyl (C=O) groups is 2. The summed E-state index contributed by atoms with van der Waals surface area (Å²) in [4.78, 5) is 25.5. The Balaban J connectivity index is 2.22. The van der Waals surface area contributed by atoms with Crippen LogP contribution in [0.5, 0.6) is 0 Å². The average molecular weight is 336 g/mol. The number of amides is 2. The van der Waals surface area contributed by atoms with Gasteiger partial charge in [0.25, 0.3) is 0 Å². The van der Waals surface area contributed by atoms with Crippen molar-refractivity contribution in [2.45, 2.75) is 13.8 Å². The van der Waals surface area contributed by atoms with Gasteiger partial charge in [-0.3, -0.25) is 9.59 Å². The molecule has 24 heavy (non-hydrogen) atoms. The van der Waals surface area contributed by atoms with E-state index in [1.165, 1.54) is 4.90 Å². The van der Waals surface area contributed by atoms with Gasteiger partial charge < -0.3 is 10.2 Å². The van der Waals surface area contributed by atoms with Crippen LogP contribution in [-0.2, 0) is 9.59 Å². The lowest BCUT2D eigenvalue weighted by atomic mass is 10.2. The molecule has 0 spiro atoms. The fraction of sp³-hybridized carbons (Fsp3) is 0.176. The Kier molecular flexibility index (Phi) is 5.23. The fourth-order valence-electron chi connectivity index (χ4n) is 2.16. The maximum atomic E-state index is 13.6. The summed E-state index contributed by atoms with van der Waals surface area (Å²) in [7, 11) is 0. The Hall–Kier alpha value is -2.83. The molecule has 7 heteroatoms. The predicted octanol–water partition coefficient (Wildman–Crippen LogP) is 3.40. The Morgan fingerprint density at radius 1 is 1.08 bits per heavy atom. The van der Waals surface area contributed by atoms with E-state index in [-0.39, 0.29) is 6.54 Å². The topological polar surface area (TPSA) is 49.4 Å². The van der Waals surface area contributed by atoms with Gasteiger partial charge in [0.05, 0.1) is 5.69 Å². The first kappa shape index (κ1) is 17.5. The number of carbonyl (C=O) groups excluding carboxylic acids is 2. The highest BCUT2D eigenvalue weighted by atomic mass is 19.2. The average Bonchev–Trinajstić information content (AvgIpc) is 2.56. The Morgan fingerprint density at radius 2 is 1.79 bits per heavy atom. The van der Waals surface area contributed by atoms with Crippen LogP contribution < -0.4 is 10.2 Å². The first-order chi connectivity index (χ1) is 11.3. The van der Waals surface area contributed by atoms with Gasteiger partial charge in [-0.1, -0.05) is 12.1 Å². The molecule has 0 heterocycles. The van der Waals surface area contributed by atoms with E-state index in [0.717, 1.165) is 11.6 Å². The number of nitrogens with zero attached hydrogens (tertiary/aromatic N) is 1. The zero-order valence-electron chi connectivity index (χ0n) is 13.1. The summed E-state index contributed by atoms with van der Waals surface area (Å²) >= 11 is 0. The standard InChI is InChI=1S/C17H15F3N2O2/c1-3-22(11-6-4-5-10(2)9-11)17(24)16(23)21-13-8-7-12(18)14(19)15(13)20/h4-9H,3H2,1-2H3,(H,21,23). The third-order valence-electron chi connectivity index (χ3n) is 3.35. The van der Waals surface area contributed by atoms with Crippen molar-refractivity contribution in [2.75, 3.05) is 16.8 Å². The van der Waals surface area contributed by atoms with Crippen LogP contribution in [0.4, 0.5) is 24.5 Å². The maximum Gasteiger partial charge on any atom is 0.316 e. The SMILES string of the molecule is CCN(C(=O)C(=O)Nc1ccc(F)c(F)c1F)c1cccc(C)c1. The molecule has 0 fully saturated rings. The van der Waals surface area contributed by atoms with Crippen molar-refractivity contribution in [1.82, 2.24) is 0 Å². The molecular formula is C17H15F3N2O2. The van der Waals surface area contributed by atoms with E-state index < -0.39 is 35.0 Å². The van der Waals surface area contributed by atoms with Gasteiger partial charge in [-0.15, -0.1) is 0 Å². The minimum atomic E-state index is -1.72. The number of rotatable bonds is 3. The highest BCUT2D eigenvalue weighted by molar-refractivity contribution is 6.44. The molecule has 0 aromatic heterocycles. The molecule has 0 radical (unpaired) electrons. The highest BCUT2D eigenvalue weighted by Gasteiger charge is 2.24. The van der Waals surface area contributed by atoms with Gasteiger partial charge in [-0.2, -0.15) is 0 Å². The quantitative estimate of drug-likeness (QED) is 0.690. The molecule has 0 aliphatic carbocycles. The summed E-state index contributed by atoms with van der Waals surface area (Å²) in [5.41, 5.74) is 0.793. The van der Waals surface area contributed by atoms with E-state index in [4.69, 9.17) is 0 Å². The molecule has 126 valence electrons. The van der Waals surface area contributed by atoms with Crippen LogP contribution in [0.15, 0.2) is 36.4 Å². The maximum absolute atomic E-state index is 13.6. The van der Waals surface area contributed by atoms with E-state index >= 15 is 0 Å². The first-order valence-corrected chi connectivity index (χ1v) is 7.18. The summed E-state index contributed by atoms with van der Waals surface area (Å²) in [6.45, 7) is 3.71. The van der Waals surface area contributed by atoms with Crippen LogP contribution in [0.1, 0.15) is 12.5 Å². The van der Waals surface area contributed by atoms with E-state index in [9.17, 15) is 22.8 Å². The number of benzene rings is 2. The van der Waals surface area contributed by atoms with Crippen LogP contribution >= 0.6 is 0 Å². The van der Waals surface area contributed by atoms with Gasteiger partial charge in [-0.05, 0) is 43.7 Å². The third kappa shape index (κ3) is 3.56. The molecular weight excluding hydrogens is 321 g/mol. The molecule has 0 saturated carbocycles. The van der Waals surface area contributed by atoms with Gasteiger partial charge in [0.1, 0.15) is 0 Å². The minimum absolute atomic E-state index is 0.204. The largest absolute Gasteiger partial charge is 0.316 e. The molecule has 2 aromatic carbocycles. The Labute approximate surface area is 136 Å². The molecule has 2 amide bonds. The van der Waals surface area contributed by atoms with Crippen molar-refractivity contribution in [3.8, 4) is 0 Å². The third-order valence-corrected chi connectivity index (χ3v) is 3.35. The van der Waals surface area contributed by atoms with Crippen molar-refractivity contribution < 1.29 is 22.8 Å². The van der Waals surface area contributed by atoms with E-state index in [2.05, 4.69) is 0 Å². The van der Waals surface area contributed by atoms with E-state index in [0.29, 0.717) is 11.8 Å². The molecule has 0 atom stereocenters. The number of aryl methyl sites for hydroxylation is 1. The molecule has 0 unspecified atom stereocenters. The van der Waals surface area contributed by atoms with Crippen LogP contribution in [0.3, 0.4) is 0 Å². The summed E-state index contributed by atoms with van der Waals surface area (Å²) < 4.78 is 39.7. The van der Waals surface area contributed by atoms with Gasteiger partial charge in [-0.25, -0.2) is 13.2 Å². The molecule has 1 N–H and O–H groups in total. The number of hydrogen-bond donors (Lipinski definition) is 1. The number of nitrogens with one attached hydrogen (secondary N) is 1. The van der Waals surface area contributed by atoms with E-state index in [1.54, 1.807) is 25.1 Å². The number of halogens is 3. The lowest BCUT2D eigenvalue weighted by molar-refractivity contribution is -0.134. The normalized spacial score (nSPS) is 10.4. The van der Waals surface area contributed by atoms with Crippen molar-refractivity contribution in [1.29, 1.82) is 0 Å². The summed E-state index contributed by atoms with van der Waals surface area (Å²) in [6, 6.07) is 8.44. The molecule has 0 aliphatic heterocycles. The molecule has 2 rings (SSSR count). The summed E-state index contributed by atoms with van der Waals surface area (Å²) in [6.07, 6.45) is 0. The number of anilines is 2. The Bertz CT molecular complexity index is 793. The smallest absolute Gasteiger partial charge is 0.315 e. The first-order valence-electron chi connectivity index (χ1n) is 7.18. The number of likely N-dealkylation sites (N-methyl/N-ethyl adjacent to an activating group) is 1. The number of hydrogen-bond acceptors (Lipinski definition) is 2. The zero-order valence-corrected chi connectivity index (χ0v) is 13.1. The predicted molar refractivity (Wildman–Crippen MR) is 84.2 cm³/mol. The van der Waals surface area contributed by atoms with Gasteiger partial charge in [0.2, 0.25) is 0 Å². The Morgan fingerprint density at radius 3 is 2.42 bits per heavy atom. The second-order valence-corrected chi connectivity index (χ2v) is 5.07. The van der Waals surface area contributed by atoms with Gasteiger partial charge >= 0.3 is 11.8 Å². The fourth-order valence-corrected chi connectivity index (χ4v) is 2.16. The monoisotopic (exact) mass is 336 g/mol. The molecule has 2 aromatic rings. The lowest BCUT2D eigenvalue weighted by Crippen LogP contribution is -2.40. The molecule has 4 nitrogen and oxygen atoms in total. The molecule has 0 bridgehead atoms. The van der Waals surface area contributed by atoms with Crippen LogP contribution in [0.25, 0.3) is 0 Å². The molecule has 0 saturated heterocycles. The van der Waals surface area contributed by atoms with Crippen molar-refractivity contribution in [3.05, 3.63) is 59.4 Å². The lowest BCUT2D eigenvalue weighted by Gasteiger charge is -2.21. The van der Waals surface area contributed by atoms with Crippen LogP contribution in [0.2, 0.25) is 0 Å². The minimum Gasteiger partial charge on any atom is -0.315 e. The molecule has 0 aliphatic rings. The van der Waals surface area contributed by atoms with E-state index in [1.807, 2.05) is 18.3 Å². The van der Waals surface area contributed by atoms with Crippen molar-refractivity contribution in [2.24, 2.45) is 0 Å².